The van der Waals surface area contributed by atoms with Crippen LogP contribution in [-0.4, -0.2) is 6.54 Å². The molecule has 0 aliphatic heterocycles. The van der Waals surface area contributed by atoms with Gasteiger partial charge in [-0.2, -0.15) is 0 Å². The van der Waals surface area contributed by atoms with E-state index in [1.54, 1.807) is 0 Å². The molecule has 0 aliphatic rings. The summed E-state index contributed by atoms with van der Waals surface area (Å²) in [5.41, 5.74) is 5.87. The summed E-state index contributed by atoms with van der Waals surface area (Å²) < 4.78 is 0. The molecule has 0 aliphatic carbocycles. The van der Waals surface area contributed by atoms with E-state index in [9.17, 15) is 0 Å². The van der Waals surface area contributed by atoms with Crippen molar-refractivity contribution in [2.75, 3.05) is 6.54 Å². The van der Waals surface area contributed by atoms with Crippen LogP contribution in [0.15, 0.2) is 0 Å². The van der Waals surface area contributed by atoms with Crippen LogP contribution in [0.4, 0.5) is 0 Å². The summed E-state index contributed by atoms with van der Waals surface area (Å²) >= 11 is 0. The van der Waals surface area contributed by atoms with Crippen LogP contribution in [0.1, 0.15) is 97.3 Å². The van der Waals surface area contributed by atoms with Crippen LogP contribution in [0, 0.1) is 5.92 Å². The van der Waals surface area contributed by atoms with Crippen LogP contribution in [0.2, 0.25) is 0 Å². The smallest absolute Gasteiger partial charge is 0.00489 e. The van der Waals surface area contributed by atoms with E-state index in [0.29, 0.717) is 0 Å². The van der Waals surface area contributed by atoms with Gasteiger partial charge >= 0.3 is 0 Å². The average molecular weight is 255 g/mol. The third kappa shape index (κ3) is 12.4. The predicted molar refractivity (Wildman–Crippen MR) is 83.9 cm³/mol. The van der Waals surface area contributed by atoms with E-state index in [4.69, 9.17) is 5.73 Å². The van der Waals surface area contributed by atoms with Crippen molar-refractivity contribution in [1.29, 1.82) is 0 Å². The van der Waals surface area contributed by atoms with E-state index in [-0.39, 0.29) is 0 Å². The lowest BCUT2D eigenvalue weighted by Crippen LogP contribution is -2.14. The number of hydrogen-bond acceptors (Lipinski definition) is 1. The molecule has 1 unspecified atom stereocenters. The van der Waals surface area contributed by atoms with Crippen molar-refractivity contribution in [3.8, 4) is 0 Å². The molecule has 110 valence electrons. The van der Waals surface area contributed by atoms with Gasteiger partial charge in [0.05, 0.1) is 0 Å². The van der Waals surface area contributed by atoms with E-state index in [0.717, 1.165) is 12.5 Å². The summed E-state index contributed by atoms with van der Waals surface area (Å²) in [6.07, 6.45) is 18.2. The van der Waals surface area contributed by atoms with Crippen LogP contribution >= 0.6 is 0 Å². The second kappa shape index (κ2) is 15.0. The van der Waals surface area contributed by atoms with Gasteiger partial charge in [-0.1, -0.05) is 84.5 Å². The van der Waals surface area contributed by atoms with Crippen LogP contribution < -0.4 is 5.73 Å². The van der Waals surface area contributed by atoms with Crippen LogP contribution in [0.3, 0.4) is 0 Å². The first kappa shape index (κ1) is 18.0. The molecule has 0 bridgehead atoms. The molecule has 18 heavy (non-hydrogen) atoms. The number of nitrogens with two attached hydrogens (primary N) is 1. The van der Waals surface area contributed by atoms with E-state index < -0.39 is 0 Å². The molecule has 2 N–H and O–H groups in total. The van der Waals surface area contributed by atoms with Crippen LogP contribution in [0.5, 0.6) is 0 Å². The van der Waals surface area contributed by atoms with E-state index in [1.165, 1.54) is 83.5 Å². The molecule has 0 fully saturated rings. The van der Waals surface area contributed by atoms with Crippen LogP contribution in [0.25, 0.3) is 0 Å². The van der Waals surface area contributed by atoms with Crippen molar-refractivity contribution in [2.45, 2.75) is 97.3 Å². The van der Waals surface area contributed by atoms with Gasteiger partial charge < -0.3 is 5.73 Å². The molecule has 0 amide bonds. The normalized spacial score (nSPS) is 12.8. The lowest BCUT2D eigenvalue weighted by atomic mass is 9.94. The number of unbranched alkanes of at least 4 members (excludes halogenated alkanes) is 9. The molecule has 0 radical (unpaired) electrons. The van der Waals surface area contributed by atoms with Crippen molar-refractivity contribution >= 4 is 0 Å². The summed E-state index contributed by atoms with van der Waals surface area (Å²) in [5.74, 6) is 0.803. The molecule has 0 aromatic rings. The topological polar surface area (TPSA) is 26.0 Å². The van der Waals surface area contributed by atoms with E-state index >= 15 is 0 Å². The summed E-state index contributed by atoms with van der Waals surface area (Å²) in [6.45, 7) is 5.46. The SMILES string of the molecule is CCCCCCCCCC(CN)CCCCCC. The Morgan fingerprint density at radius 1 is 0.611 bits per heavy atom. The molecule has 1 nitrogen and oxygen atoms in total. The van der Waals surface area contributed by atoms with Crippen LogP contribution in [-0.2, 0) is 0 Å². The number of hydrogen-bond donors (Lipinski definition) is 1. The molecule has 0 heterocycles. The maximum atomic E-state index is 5.87. The van der Waals surface area contributed by atoms with Gasteiger partial charge in [-0.25, -0.2) is 0 Å². The minimum Gasteiger partial charge on any atom is -0.330 e. The molecule has 0 saturated carbocycles. The van der Waals surface area contributed by atoms with Crippen molar-refractivity contribution in [2.24, 2.45) is 11.7 Å². The summed E-state index contributed by atoms with van der Waals surface area (Å²) in [4.78, 5) is 0. The van der Waals surface area contributed by atoms with Gasteiger partial charge in [0.1, 0.15) is 0 Å². The molecule has 0 rings (SSSR count). The maximum Gasteiger partial charge on any atom is -0.00489 e. The third-order valence-corrected chi connectivity index (χ3v) is 4.02. The Morgan fingerprint density at radius 2 is 1.00 bits per heavy atom. The van der Waals surface area contributed by atoms with E-state index in [2.05, 4.69) is 13.8 Å². The fourth-order valence-corrected chi connectivity index (χ4v) is 2.63. The van der Waals surface area contributed by atoms with Gasteiger partial charge in [-0.3, -0.25) is 0 Å². The molecule has 0 aromatic carbocycles. The van der Waals surface area contributed by atoms with Gasteiger partial charge in [-0.15, -0.1) is 0 Å². The molecule has 0 aromatic heterocycles. The summed E-state index contributed by atoms with van der Waals surface area (Å²) in [7, 11) is 0. The maximum absolute atomic E-state index is 5.87. The largest absolute Gasteiger partial charge is 0.330 e. The van der Waals surface area contributed by atoms with Crippen molar-refractivity contribution in [3.63, 3.8) is 0 Å². The Hall–Kier alpha value is -0.0400. The zero-order valence-corrected chi connectivity index (χ0v) is 13.1. The highest BCUT2D eigenvalue weighted by atomic mass is 14.5. The predicted octanol–water partition coefficient (Wildman–Crippen LogP) is 5.67. The molecule has 0 spiro atoms. The second-order valence-electron chi connectivity index (χ2n) is 5.86. The first-order valence-corrected chi connectivity index (χ1v) is 8.55. The van der Waals surface area contributed by atoms with Crippen molar-refractivity contribution < 1.29 is 0 Å². The third-order valence-electron chi connectivity index (χ3n) is 4.02. The van der Waals surface area contributed by atoms with E-state index in [1.807, 2.05) is 0 Å². The van der Waals surface area contributed by atoms with Gasteiger partial charge in [0.25, 0.3) is 0 Å². The zero-order valence-electron chi connectivity index (χ0n) is 13.1. The fourth-order valence-electron chi connectivity index (χ4n) is 2.63. The minimum absolute atomic E-state index is 0.803. The minimum atomic E-state index is 0.803. The quantitative estimate of drug-likeness (QED) is 0.397. The van der Waals surface area contributed by atoms with Gasteiger partial charge in [-0.05, 0) is 25.3 Å². The van der Waals surface area contributed by atoms with Gasteiger partial charge in [0.15, 0.2) is 0 Å². The molecular weight excluding hydrogens is 218 g/mol. The van der Waals surface area contributed by atoms with Crippen molar-refractivity contribution in [3.05, 3.63) is 0 Å². The Kier molecular flexibility index (Phi) is 15.0. The second-order valence-corrected chi connectivity index (χ2v) is 5.86. The molecular formula is C17H37N. The first-order chi connectivity index (χ1) is 8.85. The highest BCUT2D eigenvalue weighted by molar-refractivity contribution is 4.61. The fraction of sp³-hybridized carbons (Fsp3) is 1.00. The summed E-state index contributed by atoms with van der Waals surface area (Å²) in [6, 6.07) is 0. The monoisotopic (exact) mass is 255 g/mol. The first-order valence-electron chi connectivity index (χ1n) is 8.55. The Labute approximate surface area is 116 Å². The van der Waals surface area contributed by atoms with Gasteiger partial charge in [0.2, 0.25) is 0 Å². The zero-order chi connectivity index (χ0) is 13.5. The average Bonchev–Trinajstić information content (AvgIpc) is 2.40. The number of rotatable bonds is 14. The Balaban J connectivity index is 3.27. The highest BCUT2D eigenvalue weighted by Crippen LogP contribution is 2.17. The highest BCUT2D eigenvalue weighted by Gasteiger charge is 2.05. The molecule has 0 saturated heterocycles. The van der Waals surface area contributed by atoms with Crippen molar-refractivity contribution in [1.82, 2.24) is 0 Å². The summed E-state index contributed by atoms with van der Waals surface area (Å²) in [5, 5.41) is 0. The standard InChI is InChI=1S/C17H37N/c1-3-5-7-9-10-11-13-15-17(16-18)14-12-8-6-4-2/h17H,3-16,18H2,1-2H3. The lowest BCUT2D eigenvalue weighted by Gasteiger charge is -2.14. The molecule has 1 heteroatoms. The Morgan fingerprint density at radius 3 is 1.44 bits per heavy atom. The van der Waals surface area contributed by atoms with Gasteiger partial charge in [0, 0.05) is 0 Å². The lowest BCUT2D eigenvalue weighted by molar-refractivity contribution is 0.412. The Bertz CT molecular complexity index is 145. The molecule has 1 atom stereocenters.